The number of nitrogens with zero attached hydrogens (tertiary/aromatic N) is 2. The van der Waals surface area contributed by atoms with E-state index in [1.807, 2.05) is 18.2 Å². The average Bonchev–Trinajstić information content (AvgIpc) is 2.75. The predicted molar refractivity (Wildman–Crippen MR) is 113 cm³/mol. The number of guanidine groups is 1. The van der Waals surface area contributed by atoms with Crippen molar-refractivity contribution in [2.24, 2.45) is 4.99 Å². The average molecular weight is 398 g/mol. The van der Waals surface area contributed by atoms with Gasteiger partial charge in [-0.05, 0) is 48.4 Å². The molecule has 0 radical (unpaired) electrons. The molecule has 0 unspecified atom stereocenters. The van der Waals surface area contributed by atoms with E-state index in [1.54, 1.807) is 0 Å². The molecule has 1 aliphatic heterocycles. The standard InChI is InChI=1S/C22H27FN4O2/c1-2-17-4-3-5-20(16-17)25-22(24-10-11-27-12-14-29-15-13-27)26-21(28)18-6-8-19(23)9-7-18/h3-9,16H,2,10-15H2,1H3,(H2,24,25,26,28). The van der Waals surface area contributed by atoms with Crippen LogP contribution in [0.5, 0.6) is 0 Å². The van der Waals surface area contributed by atoms with E-state index in [9.17, 15) is 9.18 Å². The van der Waals surface area contributed by atoms with Crippen molar-refractivity contribution < 1.29 is 13.9 Å². The van der Waals surface area contributed by atoms with Crippen LogP contribution in [-0.2, 0) is 11.2 Å². The van der Waals surface area contributed by atoms with E-state index in [-0.39, 0.29) is 11.7 Å². The van der Waals surface area contributed by atoms with E-state index >= 15 is 0 Å². The molecule has 2 aromatic carbocycles. The van der Waals surface area contributed by atoms with Crippen molar-refractivity contribution in [3.8, 4) is 0 Å². The van der Waals surface area contributed by atoms with Gasteiger partial charge in [0.1, 0.15) is 5.82 Å². The highest BCUT2D eigenvalue weighted by Gasteiger charge is 2.12. The van der Waals surface area contributed by atoms with E-state index in [0.717, 1.165) is 45.0 Å². The Hall–Kier alpha value is -2.77. The van der Waals surface area contributed by atoms with Gasteiger partial charge >= 0.3 is 0 Å². The molecule has 3 rings (SSSR count). The lowest BCUT2D eigenvalue weighted by Gasteiger charge is -2.25. The van der Waals surface area contributed by atoms with E-state index in [2.05, 4.69) is 33.5 Å². The number of benzene rings is 2. The first-order valence-corrected chi connectivity index (χ1v) is 9.91. The normalized spacial score (nSPS) is 15.2. The Labute approximate surface area is 170 Å². The molecule has 1 fully saturated rings. The Morgan fingerprint density at radius 1 is 1.17 bits per heavy atom. The summed E-state index contributed by atoms with van der Waals surface area (Å²) in [6.07, 6.45) is 0.918. The van der Waals surface area contributed by atoms with Gasteiger partial charge in [0.2, 0.25) is 5.96 Å². The zero-order chi connectivity index (χ0) is 20.5. The molecular weight excluding hydrogens is 371 g/mol. The van der Waals surface area contributed by atoms with Crippen LogP contribution in [0.15, 0.2) is 53.5 Å². The van der Waals surface area contributed by atoms with Crippen molar-refractivity contribution >= 4 is 17.6 Å². The molecule has 0 aromatic heterocycles. The van der Waals surface area contributed by atoms with Gasteiger partial charge in [-0.1, -0.05) is 19.1 Å². The van der Waals surface area contributed by atoms with Gasteiger partial charge in [0.15, 0.2) is 0 Å². The van der Waals surface area contributed by atoms with Gasteiger partial charge in [-0.3, -0.25) is 20.0 Å². The molecule has 0 saturated carbocycles. The Bertz CT molecular complexity index is 833. The molecule has 2 N–H and O–H groups in total. The fourth-order valence-electron chi connectivity index (χ4n) is 3.02. The van der Waals surface area contributed by atoms with Gasteiger partial charge in [-0.2, -0.15) is 0 Å². The monoisotopic (exact) mass is 398 g/mol. The topological polar surface area (TPSA) is 66.0 Å². The lowest BCUT2D eigenvalue weighted by molar-refractivity contribution is 0.0394. The number of aryl methyl sites for hydroxylation is 1. The van der Waals surface area contributed by atoms with Crippen LogP contribution in [0.3, 0.4) is 0 Å². The van der Waals surface area contributed by atoms with Crippen LogP contribution in [-0.4, -0.2) is 56.2 Å². The summed E-state index contributed by atoms with van der Waals surface area (Å²) in [5.74, 6) is -0.342. The quantitative estimate of drug-likeness (QED) is 0.580. The van der Waals surface area contributed by atoms with Gasteiger partial charge in [-0.15, -0.1) is 0 Å². The molecule has 154 valence electrons. The summed E-state index contributed by atoms with van der Waals surface area (Å²) >= 11 is 0. The van der Waals surface area contributed by atoms with Crippen LogP contribution in [0.1, 0.15) is 22.8 Å². The summed E-state index contributed by atoms with van der Waals surface area (Å²) in [6, 6.07) is 13.4. The maximum Gasteiger partial charge on any atom is 0.257 e. The Balaban J connectivity index is 1.69. The summed E-state index contributed by atoms with van der Waals surface area (Å²) in [6.45, 7) is 6.67. The Morgan fingerprint density at radius 2 is 1.93 bits per heavy atom. The van der Waals surface area contributed by atoms with Gasteiger partial charge in [0.25, 0.3) is 5.91 Å². The molecular formula is C22H27FN4O2. The van der Waals surface area contributed by atoms with Crippen LogP contribution in [0.4, 0.5) is 10.1 Å². The number of anilines is 1. The highest BCUT2D eigenvalue weighted by molar-refractivity contribution is 6.09. The Morgan fingerprint density at radius 3 is 2.66 bits per heavy atom. The lowest BCUT2D eigenvalue weighted by Crippen LogP contribution is -2.39. The van der Waals surface area contributed by atoms with Crippen molar-refractivity contribution in [1.29, 1.82) is 0 Å². The number of rotatable bonds is 6. The minimum absolute atomic E-state index is 0.339. The number of halogens is 1. The number of carbonyl (C=O) groups is 1. The van der Waals surface area contributed by atoms with Crippen molar-refractivity contribution in [3.05, 3.63) is 65.5 Å². The molecule has 1 aliphatic rings. The molecule has 6 nitrogen and oxygen atoms in total. The highest BCUT2D eigenvalue weighted by atomic mass is 19.1. The summed E-state index contributed by atoms with van der Waals surface area (Å²) < 4.78 is 18.5. The molecule has 0 aliphatic carbocycles. The number of nitrogens with one attached hydrogen (secondary N) is 2. The van der Waals surface area contributed by atoms with E-state index in [1.165, 1.54) is 29.8 Å². The maximum absolute atomic E-state index is 13.1. The first kappa shape index (κ1) is 21.0. The first-order valence-electron chi connectivity index (χ1n) is 9.91. The zero-order valence-electron chi connectivity index (χ0n) is 16.7. The van der Waals surface area contributed by atoms with Crippen LogP contribution in [0.2, 0.25) is 0 Å². The molecule has 29 heavy (non-hydrogen) atoms. The third-order valence-corrected chi connectivity index (χ3v) is 4.73. The second-order valence-electron chi connectivity index (χ2n) is 6.82. The lowest BCUT2D eigenvalue weighted by atomic mass is 10.1. The van der Waals surface area contributed by atoms with Crippen molar-refractivity contribution in [1.82, 2.24) is 10.2 Å². The number of carbonyl (C=O) groups excluding carboxylic acids is 1. The number of aliphatic imine (C=N–C) groups is 1. The number of amides is 1. The fourth-order valence-corrected chi connectivity index (χ4v) is 3.02. The number of ether oxygens (including phenoxy) is 1. The minimum atomic E-state index is -0.379. The summed E-state index contributed by atoms with van der Waals surface area (Å²) in [5.41, 5.74) is 2.41. The molecule has 1 saturated heterocycles. The SMILES string of the molecule is CCc1cccc(NC(=NCCN2CCOCC2)NC(=O)c2ccc(F)cc2)c1. The number of morpholine rings is 1. The highest BCUT2D eigenvalue weighted by Crippen LogP contribution is 2.11. The number of hydrogen-bond acceptors (Lipinski definition) is 4. The van der Waals surface area contributed by atoms with Crippen LogP contribution in [0.25, 0.3) is 0 Å². The fraction of sp³-hybridized carbons (Fsp3) is 0.364. The molecule has 2 aromatic rings. The van der Waals surface area contributed by atoms with E-state index in [4.69, 9.17) is 4.74 Å². The second-order valence-corrected chi connectivity index (χ2v) is 6.82. The largest absolute Gasteiger partial charge is 0.379 e. The molecule has 0 spiro atoms. The van der Waals surface area contributed by atoms with Gasteiger partial charge in [-0.25, -0.2) is 4.39 Å². The van der Waals surface area contributed by atoms with Crippen molar-refractivity contribution in [3.63, 3.8) is 0 Å². The van der Waals surface area contributed by atoms with E-state index < -0.39 is 0 Å². The molecule has 0 bridgehead atoms. The summed E-state index contributed by atoms with van der Waals surface area (Å²) in [4.78, 5) is 19.4. The third kappa shape index (κ3) is 6.66. The molecule has 1 amide bonds. The summed E-state index contributed by atoms with van der Waals surface area (Å²) in [7, 11) is 0. The van der Waals surface area contributed by atoms with Gasteiger partial charge in [0.05, 0.1) is 19.8 Å². The van der Waals surface area contributed by atoms with Crippen molar-refractivity contribution in [2.75, 3.05) is 44.7 Å². The molecule has 7 heteroatoms. The van der Waals surface area contributed by atoms with Crippen LogP contribution >= 0.6 is 0 Å². The van der Waals surface area contributed by atoms with Crippen molar-refractivity contribution in [2.45, 2.75) is 13.3 Å². The van der Waals surface area contributed by atoms with Gasteiger partial charge < -0.3 is 10.1 Å². The second kappa shape index (κ2) is 10.7. The van der Waals surface area contributed by atoms with Crippen LogP contribution < -0.4 is 10.6 Å². The zero-order valence-corrected chi connectivity index (χ0v) is 16.7. The van der Waals surface area contributed by atoms with Gasteiger partial charge in [0, 0.05) is 30.9 Å². The third-order valence-electron chi connectivity index (χ3n) is 4.73. The minimum Gasteiger partial charge on any atom is -0.379 e. The maximum atomic E-state index is 13.1. The number of hydrogen-bond donors (Lipinski definition) is 2. The molecule has 1 heterocycles. The van der Waals surface area contributed by atoms with E-state index in [0.29, 0.717) is 18.1 Å². The molecule has 0 atom stereocenters. The smallest absolute Gasteiger partial charge is 0.257 e. The Kier molecular flexibility index (Phi) is 7.72. The van der Waals surface area contributed by atoms with Crippen LogP contribution in [0, 0.1) is 5.82 Å². The predicted octanol–water partition coefficient (Wildman–Crippen LogP) is 2.92. The first-order chi connectivity index (χ1) is 14.1. The summed E-state index contributed by atoms with van der Waals surface area (Å²) in [5, 5.41) is 6.02.